The fourth-order valence-corrected chi connectivity index (χ4v) is 1.84. The van der Waals surface area contributed by atoms with Crippen LogP contribution < -0.4 is 0 Å². The molecule has 5 heteroatoms. The van der Waals surface area contributed by atoms with Gasteiger partial charge >= 0.3 is 6.18 Å². The molecule has 0 N–H and O–H groups in total. The number of hydrogen-bond donors (Lipinski definition) is 0. The third-order valence-corrected chi connectivity index (χ3v) is 2.78. The van der Waals surface area contributed by atoms with Gasteiger partial charge in [-0.2, -0.15) is 13.2 Å². The fourth-order valence-electron chi connectivity index (χ4n) is 1.84. The van der Waals surface area contributed by atoms with Crippen molar-refractivity contribution >= 4 is 5.78 Å². The molecular formula is C15H10F4O. The Labute approximate surface area is 112 Å². The lowest BCUT2D eigenvalue weighted by Crippen LogP contribution is -2.24. The molecule has 0 heterocycles. The van der Waals surface area contributed by atoms with E-state index in [1.807, 2.05) is 6.07 Å². The Bertz CT molecular complexity index is 618. The number of halogens is 4. The molecule has 0 spiro atoms. The van der Waals surface area contributed by atoms with E-state index in [4.69, 9.17) is 0 Å². The van der Waals surface area contributed by atoms with Crippen molar-refractivity contribution in [2.45, 2.75) is 12.6 Å². The minimum Gasteiger partial charge on any atom is -0.284 e. The van der Waals surface area contributed by atoms with E-state index in [1.165, 1.54) is 6.07 Å². The molecule has 2 aromatic carbocycles. The number of alkyl halides is 3. The quantitative estimate of drug-likeness (QED) is 0.610. The minimum absolute atomic E-state index is 0.333. The molecule has 0 aliphatic carbocycles. The van der Waals surface area contributed by atoms with Crippen LogP contribution in [0.25, 0.3) is 0 Å². The van der Waals surface area contributed by atoms with Gasteiger partial charge in [-0.3, -0.25) is 4.79 Å². The summed E-state index contributed by atoms with van der Waals surface area (Å²) in [6, 6.07) is 12.2. The molecular weight excluding hydrogens is 272 g/mol. The average molecular weight is 282 g/mol. The summed E-state index contributed by atoms with van der Waals surface area (Å²) in [6.07, 6.45) is -4.74. The first-order valence-electron chi connectivity index (χ1n) is 5.82. The van der Waals surface area contributed by atoms with Gasteiger partial charge < -0.3 is 0 Å². The van der Waals surface area contributed by atoms with E-state index < -0.39 is 23.3 Å². The van der Waals surface area contributed by atoms with E-state index >= 15 is 0 Å². The highest BCUT2D eigenvalue weighted by Gasteiger charge is 2.40. The topological polar surface area (TPSA) is 17.1 Å². The number of rotatable bonds is 3. The first-order valence-corrected chi connectivity index (χ1v) is 5.82. The van der Waals surface area contributed by atoms with Crippen LogP contribution in [0.2, 0.25) is 0 Å². The number of carbonyl (C=O) groups excluding carboxylic acids is 1. The lowest BCUT2D eigenvalue weighted by atomic mass is 10.0. The Hall–Kier alpha value is -2.17. The number of Topliss-reactive ketones (excluding diaryl/α,β-unsaturated/α-hetero) is 1. The molecule has 104 valence electrons. The fraction of sp³-hybridized carbons (Fsp3) is 0.133. The molecule has 0 aromatic heterocycles. The van der Waals surface area contributed by atoms with E-state index in [-0.39, 0.29) is 0 Å². The molecule has 0 atom stereocenters. The van der Waals surface area contributed by atoms with E-state index in [0.717, 1.165) is 17.7 Å². The number of carbonyl (C=O) groups is 1. The molecule has 1 nitrogen and oxygen atoms in total. The summed E-state index contributed by atoms with van der Waals surface area (Å²) in [5.41, 5.74) is 0.376. The molecule has 0 aliphatic rings. The van der Waals surface area contributed by atoms with Crippen LogP contribution in [0.3, 0.4) is 0 Å². The minimum atomic E-state index is -5.08. The zero-order valence-corrected chi connectivity index (χ0v) is 10.2. The molecule has 0 aliphatic heterocycles. The second kappa shape index (κ2) is 5.45. The van der Waals surface area contributed by atoms with Gasteiger partial charge in [0.1, 0.15) is 5.82 Å². The highest BCUT2D eigenvalue weighted by molar-refractivity contribution is 6.00. The van der Waals surface area contributed by atoms with E-state index in [2.05, 4.69) is 0 Å². The van der Waals surface area contributed by atoms with Crippen LogP contribution in [0, 0.1) is 5.82 Å². The van der Waals surface area contributed by atoms with Crippen molar-refractivity contribution in [3.8, 4) is 0 Å². The van der Waals surface area contributed by atoms with Gasteiger partial charge in [-0.05, 0) is 29.7 Å². The third-order valence-electron chi connectivity index (χ3n) is 2.78. The lowest BCUT2D eigenvalue weighted by molar-refractivity contribution is -0.0887. The molecule has 0 saturated heterocycles. The van der Waals surface area contributed by atoms with Gasteiger partial charge in [0.15, 0.2) is 0 Å². The molecule has 2 rings (SSSR count). The van der Waals surface area contributed by atoms with Gasteiger partial charge in [-0.1, -0.05) is 36.4 Å². The number of hydrogen-bond acceptors (Lipinski definition) is 1. The molecule has 0 amide bonds. The molecule has 0 radical (unpaired) electrons. The molecule has 2 aromatic rings. The average Bonchev–Trinajstić information content (AvgIpc) is 2.40. The highest BCUT2D eigenvalue weighted by atomic mass is 19.4. The molecule has 0 bridgehead atoms. The zero-order valence-electron chi connectivity index (χ0n) is 10.2. The van der Waals surface area contributed by atoms with Crippen molar-refractivity contribution in [3.05, 3.63) is 71.0 Å². The van der Waals surface area contributed by atoms with Crippen LogP contribution in [0.15, 0.2) is 48.5 Å². The molecule has 0 fully saturated rings. The Morgan fingerprint density at radius 3 is 2.20 bits per heavy atom. The van der Waals surface area contributed by atoms with Crippen LogP contribution in [0.1, 0.15) is 21.5 Å². The van der Waals surface area contributed by atoms with Crippen LogP contribution >= 0.6 is 0 Å². The zero-order chi connectivity index (χ0) is 14.8. The maximum absolute atomic E-state index is 13.4. The van der Waals surface area contributed by atoms with Crippen LogP contribution in [0.5, 0.6) is 0 Å². The Morgan fingerprint density at radius 2 is 1.60 bits per heavy atom. The van der Waals surface area contributed by atoms with Crippen LogP contribution in [-0.4, -0.2) is 12.0 Å². The first-order chi connectivity index (χ1) is 9.38. The predicted molar refractivity (Wildman–Crippen MR) is 66.0 cm³/mol. The summed E-state index contributed by atoms with van der Waals surface area (Å²) < 4.78 is 50.4. The maximum atomic E-state index is 13.4. The Balaban J connectivity index is 2.32. The number of ketones is 1. The molecule has 20 heavy (non-hydrogen) atoms. The van der Waals surface area contributed by atoms with Gasteiger partial charge in [-0.15, -0.1) is 0 Å². The Morgan fingerprint density at radius 1 is 0.950 bits per heavy atom. The highest BCUT2D eigenvalue weighted by Crippen LogP contribution is 2.24. The maximum Gasteiger partial charge on any atom is 0.454 e. The van der Waals surface area contributed by atoms with Crippen molar-refractivity contribution in [3.63, 3.8) is 0 Å². The lowest BCUT2D eigenvalue weighted by Gasteiger charge is -2.08. The van der Waals surface area contributed by atoms with Crippen molar-refractivity contribution in [2.75, 3.05) is 0 Å². The van der Waals surface area contributed by atoms with Crippen molar-refractivity contribution < 1.29 is 22.4 Å². The normalized spacial score (nSPS) is 11.4. The van der Waals surface area contributed by atoms with E-state index in [9.17, 15) is 22.4 Å². The van der Waals surface area contributed by atoms with Gasteiger partial charge in [0.2, 0.25) is 0 Å². The summed E-state index contributed by atoms with van der Waals surface area (Å²) in [5.74, 6) is -3.32. The first kappa shape index (κ1) is 14.2. The predicted octanol–water partition coefficient (Wildman–Crippen LogP) is 4.16. The smallest absolute Gasteiger partial charge is 0.284 e. The van der Waals surface area contributed by atoms with Crippen LogP contribution in [-0.2, 0) is 6.42 Å². The monoisotopic (exact) mass is 282 g/mol. The second-order valence-corrected chi connectivity index (χ2v) is 4.30. The number of benzene rings is 2. The van der Waals surface area contributed by atoms with Crippen molar-refractivity contribution in [2.24, 2.45) is 0 Å². The van der Waals surface area contributed by atoms with Gasteiger partial charge in [-0.25, -0.2) is 4.39 Å². The van der Waals surface area contributed by atoms with E-state index in [1.54, 1.807) is 24.3 Å². The summed E-state index contributed by atoms with van der Waals surface area (Å²) in [4.78, 5) is 11.1. The molecule has 0 unspecified atom stereocenters. The Kier molecular flexibility index (Phi) is 3.88. The van der Waals surface area contributed by atoms with Gasteiger partial charge in [0, 0.05) is 0 Å². The second-order valence-electron chi connectivity index (χ2n) is 4.30. The van der Waals surface area contributed by atoms with E-state index in [0.29, 0.717) is 12.0 Å². The SMILES string of the molecule is O=C(c1cc(Cc2ccccc2)ccc1F)C(F)(F)F. The summed E-state index contributed by atoms with van der Waals surface area (Å²) in [6.45, 7) is 0. The third kappa shape index (κ3) is 3.23. The van der Waals surface area contributed by atoms with Gasteiger partial charge in [0.05, 0.1) is 5.56 Å². The largest absolute Gasteiger partial charge is 0.454 e. The van der Waals surface area contributed by atoms with Gasteiger partial charge in [0.25, 0.3) is 5.78 Å². The molecule has 0 saturated carbocycles. The van der Waals surface area contributed by atoms with Crippen molar-refractivity contribution in [1.82, 2.24) is 0 Å². The summed E-state index contributed by atoms with van der Waals surface area (Å²) >= 11 is 0. The standard InChI is InChI=1S/C15H10F4O/c16-13-7-6-11(8-10-4-2-1-3-5-10)9-12(13)14(20)15(17,18)19/h1-7,9H,8H2. The van der Waals surface area contributed by atoms with Crippen LogP contribution in [0.4, 0.5) is 17.6 Å². The van der Waals surface area contributed by atoms with Crippen molar-refractivity contribution in [1.29, 1.82) is 0 Å². The summed E-state index contributed by atoms with van der Waals surface area (Å²) in [5, 5.41) is 0. The summed E-state index contributed by atoms with van der Waals surface area (Å²) in [7, 11) is 0.